The zero-order valence-corrected chi connectivity index (χ0v) is 18.2. The van der Waals surface area contributed by atoms with Crippen LogP contribution in [0, 0.1) is 23.7 Å². The van der Waals surface area contributed by atoms with Gasteiger partial charge in [-0.2, -0.15) is 0 Å². The summed E-state index contributed by atoms with van der Waals surface area (Å²) in [5, 5.41) is 0. The Morgan fingerprint density at radius 3 is 0.900 bits per heavy atom. The van der Waals surface area contributed by atoms with Crippen LogP contribution in [0.1, 0.15) is 53.4 Å². The molecule has 0 radical (unpaired) electrons. The van der Waals surface area contributed by atoms with Crippen LogP contribution in [0.25, 0.3) is 0 Å². The molecule has 0 aromatic heterocycles. The van der Waals surface area contributed by atoms with Crippen LogP contribution in [-0.2, 0) is 38.1 Å². The van der Waals surface area contributed by atoms with E-state index in [0.717, 1.165) is 25.7 Å². The Morgan fingerprint density at radius 1 is 0.533 bits per heavy atom. The van der Waals surface area contributed by atoms with Gasteiger partial charge in [-0.25, -0.2) is 0 Å². The third-order valence-corrected chi connectivity index (χ3v) is 5.87. The summed E-state index contributed by atoms with van der Waals surface area (Å²) in [7, 11) is 0. The highest BCUT2D eigenvalue weighted by Crippen LogP contribution is 2.45. The third-order valence-electron chi connectivity index (χ3n) is 5.87. The summed E-state index contributed by atoms with van der Waals surface area (Å²) in [5.41, 5.74) is 2.56. The van der Waals surface area contributed by atoms with Gasteiger partial charge in [-0.1, -0.05) is 11.1 Å². The smallest absolute Gasteiger partial charge is 0.302 e. The molecule has 0 saturated carbocycles. The van der Waals surface area contributed by atoms with Crippen LogP contribution in [-0.4, -0.2) is 50.3 Å². The van der Waals surface area contributed by atoms with E-state index in [-0.39, 0.29) is 74.0 Å². The van der Waals surface area contributed by atoms with Crippen molar-refractivity contribution < 1.29 is 38.1 Å². The highest BCUT2D eigenvalue weighted by Gasteiger charge is 2.38. The van der Waals surface area contributed by atoms with Crippen LogP contribution >= 0.6 is 0 Å². The number of hydrogen-bond acceptors (Lipinski definition) is 8. The van der Waals surface area contributed by atoms with Gasteiger partial charge in [-0.15, -0.1) is 0 Å². The number of carbonyl (C=O) groups excluding carboxylic acids is 4. The number of rotatable bonds is 8. The number of allylic oxidation sites excluding steroid dienone is 2. The van der Waals surface area contributed by atoms with Crippen molar-refractivity contribution in [3.8, 4) is 0 Å². The first-order valence-corrected chi connectivity index (χ1v) is 10.4. The van der Waals surface area contributed by atoms with Crippen molar-refractivity contribution in [2.45, 2.75) is 53.4 Å². The van der Waals surface area contributed by atoms with Crippen molar-refractivity contribution in [3.05, 3.63) is 11.1 Å². The highest BCUT2D eigenvalue weighted by atomic mass is 16.5. The van der Waals surface area contributed by atoms with E-state index >= 15 is 0 Å². The summed E-state index contributed by atoms with van der Waals surface area (Å²) in [5.74, 6) is -1.09. The van der Waals surface area contributed by atoms with E-state index in [0.29, 0.717) is 0 Å². The largest absolute Gasteiger partial charge is 0.466 e. The summed E-state index contributed by atoms with van der Waals surface area (Å²) in [6.45, 7) is 6.64. The van der Waals surface area contributed by atoms with Gasteiger partial charge in [0, 0.05) is 51.4 Å². The number of esters is 4. The predicted molar refractivity (Wildman–Crippen MR) is 106 cm³/mol. The van der Waals surface area contributed by atoms with Gasteiger partial charge in [0.05, 0.1) is 26.4 Å². The molecule has 2 aliphatic rings. The Bertz CT molecular complexity index is 581. The number of hydrogen-bond donors (Lipinski definition) is 0. The van der Waals surface area contributed by atoms with Crippen LogP contribution < -0.4 is 0 Å². The van der Waals surface area contributed by atoms with Gasteiger partial charge in [0.25, 0.3) is 0 Å². The second-order valence-electron chi connectivity index (χ2n) is 8.27. The van der Waals surface area contributed by atoms with Crippen LogP contribution in [0.5, 0.6) is 0 Å². The highest BCUT2D eigenvalue weighted by molar-refractivity contribution is 5.66. The van der Waals surface area contributed by atoms with E-state index in [9.17, 15) is 19.2 Å². The molecular formula is C22H32O8. The SMILES string of the molecule is CC(=O)OC[C@@H]1CC2=C(C[C@@H](COC(C)=O)[C@@H](COC(C)=O)C2)C[C@@H]1COC(C)=O. The van der Waals surface area contributed by atoms with Gasteiger partial charge in [0.1, 0.15) is 0 Å². The van der Waals surface area contributed by atoms with Crippen molar-refractivity contribution in [1.82, 2.24) is 0 Å². The molecule has 0 aromatic rings. The van der Waals surface area contributed by atoms with Crippen molar-refractivity contribution in [3.63, 3.8) is 0 Å². The molecule has 0 bridgehead atoms. The lowest BCUT2D eigenvalue weighted by Crippen LogP contribution is -2.36. The average Bonchev–Trinajstić information content (AvgIpc) is 2.66. The van der Waals surface area contributed by atoms with E-state index in [1.54, 1.807) is 0 Å². The first-order valence-electron chi connectivity index (χ1n) is 10.4. The molecule has 2 rings (SSSR count). The summed E-state index contributed by atoms with van der Waals surface area (Å²) >= 11 is 0. The molecule has 0 amide bonds. The molecule has 0 aromatic carbocycles. The van der Waals surface area contributed by atoms with E-state index in [1.807, 2.05) is 0 Å². The van der Waals surface area contributed by atoms with Crippen molar-refractivity contribution in [1.29, 1.82) is 0 Å². The molecule has 0 aliphatic heterocycles. The molecule has 0 fully saturated rings. The van der Waals surface area contributed by atoms with Gasteiger partial charge >= 0.3 is 23.9 Å². The van der Waals surface area contributed by atoms with E-state index in [4.69, 9.17) is 18.9 Å². The minimum atomic E-state index is -0.334. The van der Waals surface area contributed by atoms with Crippen LogP contribution in [0.4, 0.5) is 0 Å². The normalized spacial score (nSPS) is 25.7. The Kier molecular flexibility index (Phi) is 8.87. The Balaban J connectivity index is 2.16. The molecule has 8 nitrogen and oxygen atoms in total. The molecule has 0 saturated heterocycles. The maximum absolute atomic E-state index is 11.3. The molecule has 168 valence electrons. The molecule has 8 heteroatoms. The minimum Gasteiger partial charge on any atom is -0.466 e. The lowest BCUT2D eigenvalue weighted by atomic mass is 9.67. The lowest BCUT2D eigenvalue weighted by Gasteiger charge is -2.41. The number of carbonyl (C=O) groups is 4. The molecular weight excluding hydrogens is 392 g/mol. The Labute approximate surface area is 177 Å². The summed E-state index contributed by atoms with van der Waals surface area (Å²) in [4.78, 5) is 45.2. The summed E-state index contributed by atoms with van der Waals surface area (Å²) < 4.78 is 21.0. The fourth-order valence-electron chi connectivity index (χ4n) is 4.35. The Hall–Kier alpha value is -2.38. The monoisotopic (exact) mass is 424 g/mol. The predicted octanol–water partition coefficient (Wildman–Crippen LogP) is 2.59. The summed E-state index contributed by atoms with van der Waals surface area (Å²) in [6, 6.07) is 0. The van der Waals surface area contributed by atoms with Crippen LogP contribution in [0.15, 0.2) is 11.1 Å². The van der Waals surface area contributed by atoms with E-state index < -0.39 is 0 Å². The van der Waals surface area contributed by atoms with E-state index in [1.165, 1.54) is 38.8 Å². The second kappa shape index (κ2) is 11.1. The molecule has 2 aliphatic carbocycles. The van der Waals surface area contributed by atoms with Gasteiger partial charge in [0.2, 0.25) is 0 Å². The van der Waals surface area contributed by atoms with E-state index in [2.05, 4.69) is 0 Å². The molecule has 0 heterocycles. The molecule has 0 spiro atoms. The molecule has 0 unspecified atom stereocenters. The van der Waals surface area contributed by atoms with Crippen LogP contribution in [0.3, 0.4) is 0 Å². The van der Waals surface area contributed by atoms with Crippen molar-refractivity contribution in [2.24, 2.45) is 23.7 Å². The lowest BCUT2D eigenvalue weighted by molar-refractivity contribution is -0.148. The first-order chi connectivity index (χ1) is 14.2. The maximum atomic E-state index is 11.3. The number of ether oxygens (including phenoxy) is 4. The zero-order chi connectivity index (χ0) is 22.3. The molecule has 30 heavy (non-hydrogen) atoms. The van der Waals surface area contributed by atoms with Crippen molar-refractivity contribution in [2.75, 3.05) is 26.4 Å². The first kappa shape index (κ1) is 23.9. The zero-order valence-electron chi connectivity index (χ0n) is 18.2. The van der Waals surface area contributed by atoms with Gasteiger partial charge in [-0.3, -0.25) is 19.2 Å². The van der Waals surface area contributed by atoms with Crippen molar-refractivity contribution >= 4 is 23.9 Å². The molecule has 4 atom stereocenters. The van der Waals surface area contributed by atoms with Crippen LogP contribution in [0.2, 0.25) is 0 Å². The van der Waals surface area contributed by atoms with Gasteiger partial charge in [0.15, 0.2) is 0 Å². The molecule has 0 N–H and O–H groups in total. The standard InChI is InChI=1S/C22H32O8/c1-13(23)27-9-19-5-17-7-21(11-29-15(3)25)22(12-30-16(4)26)8-18(17)6-20(19)10-28-14(2)24/h19-22H,5-12H2,1-4H3/t19-,20+,21+,22-. The van der Waals surface area contributed by atoms with Gasteiger partial charge < -0.3 is 18.9 Å². The van der Waals surface area contributed by atoms with Gasteiger partial charge in [-0.05, 0) is 25.7 Å². The minimum absolute atomic E-state index is 0.0615. The third kappa shape index (κ3) is 7.46. The fraction of sp³-hybridized carbons (Fsp3) is 0.727. The quantitative estimate of drug-likeness (QED) is 0.333. The summed E-state index contributed by atoms with van der Waals surface area (Å²) in [6.07, 6.45) is 2.97. The maximum Gasteiger partial charge on any atom is 0.302 e. The topological polar surface area (TPSA) is 105 Å². The Morgan fingerprint density at radius 2 is 0.733 bits per heavy atom. The fourth-order valence-corrected chi connectivity index (χ4v) is 4.35. The second-order valence-corrected chi connectivity index (χ2v) is 8.27. The average molecular weight is 424 g/mol.